The summed E-state index contributed by atoms with van der Waals surface area (Å²) in [6, 6.07) is 0. The van der Waals surface area contributed by atoms with Gasteiger partial charge in [-0.15, -0.1) is 0 Å². The topological polar surface area (TPSA) is 46.5 Å². The molecule has 1 unspecified atom stereocenters. The molecule has 1 atom stereocenters. The van der Waals surface area contributed by atoms with E-state index in [1.807, 2.05) is 0 Å². The highest BCUT2D eigenvalue weighted by Gasteiger charge is 2.13. The van der Waals surface area contributed by atoms with Crippen LogP contribution in [-0.4, -0.2) is 29.1 Å². The SMILES string of the molecule is CCOC(=O)C(O)CCBr. The summed E-state index contributed by atoms with van der Waals surface area (Å²) in [6.45, 7) is 2.02. The van der Waals surface area contributed by atoms with E-state index in [4.69, 9.17) is 5.11 Å². The smallest absolute Gasteiger partial charge is 0.334 e. The van der Waals surface area contributed by atoms with Gasteiger partial charge >= 0.3 is 5.97 Å². The zero-order valence-electron chi connectivity index (χ0n) is 5.84. The van der Waals surface area contributed by atoms with E-state index in [-0.39, 0.29) is 0 Å². The molecule has 60 valence electrons. The van der Waals surface area contributed by atoms with Gasteiger partial charge in [0.25, 0.3) is 0 Å². The molecule has 0 aliphatic heterocycles. The molecule has 0 aromatic rings. The van der Waals surface area contributed by atoms with Crippen molar-refractivity contribution in [3.05, 3.63) is 0 Å². The molecule has 0 saturated heterocycles. The Morgan fingerprint density at radius 3 is 2.80 bits per heavy atom. The standard InChI is InChI=1S/C6H11BrO3/c1-2-10-6(9)5(8)3-4-7/h5,8H,2-4H2,1H3. The number of hydrogen-bond acceptors (Lipinski definition) is 3. The molecule has 0 heterocycles. The highest BCUT2D eigenvalue weighted by molar-refractivity contribution is 9.09. The van der Waals surface area contributed by atoms with Gasteiger partial charge in [-0.2, -0.15) is 0 Å². The first-order valence-corrected chi connectivity index (χ1v) is 4.25. The van der Waals surface area contributed by atoms with Crippen molar-refractivity contribution in [3.8, 4) is 0 Å². The molecule has 0 rings (SSSR count). The fourth-order valence-corrected chi connectivity index (χ4v) is 0.893. The Kier molecular flexibility index (Phi) is 5.63. The molecule has 0 fully saturated rings. The normalized spacial score (nSPS) is 12.7. The van der Waals surface area contributed by atoms with E-state index in [2.05, 4.69) is 20.7 Å². The molecule has 0 aromatic carbocycles. The predicted molar refractivity (Wildman–Crippen MR) is 41.1 cm³/mol. The Bertz CT molecular complexity index is 105. The first-order valence-electron chi connectivity index (χ1n) is 3.13. The van der Waals surface area contributed by atoms with Crippen LogP contribution in [0.1, 0.15) is 13.3 Å². The van der Waals surface area contributed by atoms with E-state index in [1.54, 1.807) is 6.92 Å². The predicted octanol–water partition coefficient (Wildman–Crippen LogP) is 0.695. The van der Waals surface area contributed by atoms with E-state index in [9.17, 15) is 4.79 Å². The van der Waals surface area contributed by atoms with Crippen LogP contribution in [0, 0.1) is 0 Å². The summed E-state index contributed by atoms with van der Waals surface area (Å²) >= 11 is 3.10. The van der Waals surface area contributed by atoms with Gasteiger partial charge in [0.2, 0.25) is 0 Å². The lowest BCUT2D eigenvalue weighted by Gasteiger charge is -2.06. The van der Waals surface area contributed by atoms with E-state index >= 15 is 0 Å². The van der Waals surface area contributed by atoms with Crippen molar-refractivity contribution in [2.45, 2.75) is 19.4 Å². The number of aliphatic hydroxyl groups is 1. The second-order valence-corrected chi connectivity index (χ2v) is 2.54. The minimum atomic E-state index is -0.973. The van der Waals surface area contributed by atoms with Crippen LogP contribution in [0.2, 0.25) is 0 Å². The van der Waals surface area contributed by atoms with Crippen LogP contribution in [0.4, 0.5) is 0 Å². The van der Waals surface area contributed by atoms with Crippen LogP contribution < -0.4 is 0 Å². The molecular weight excluding hydrogens is 200 g/mol. The van der Waals surface area contributed by atoms with Crippen molar-refractivity contribution < 1.29 is 14.6 Å². The fraction of sp³-hybridized carbons (Fsp3) is 0.833. The van der Waals surface area contributed by atoms with Gasteiger partial charge in [-0.3, -0.25) is 0 Å². The second-order valence-electron chi connectivity index (χ2n) is 1.75. The average molecular weight is 211 g/mol. The Labute approximate surface area is 68.5 Å². The van der Waals surface area contributed by atoms with Crippen molar-refractivity contribution in [2.24, 2.45) is 0 Å². The monoisotopic (exact) mass is 210 g/mol. The maximum absolute atomic E-state index is 10.6. The molecule has 3 nitrogen and oxygen atoms in total. The Hall–Kier alpha value is -0.0900. The summed E-state index contributed by atoms with van der Waals surface area (Å²) in [4.78, 5) is 10.6. The Morgan fingerprint density at radius 1 is 1.80 bits per heavy atom. The zero-order valence-corrected chi connectivity index (χ0v) is 7.43. The van der Waals surface area contributed by atoms with E-state index in [0.29, 0.717) is 18.4 Å². The second kappa shape index (κ2) is 5.68. The number of rotatable bonds is 4. The summed E-state index contributed by atoms with van der Waals surface area (Å²) in [5.41, 5.74) is 0. The quantitative estimate of drug-likeness (QED) is 0.549. The molecule has 0 bridgehead atoms. The first-order chi connectivity index (χ1) is 4.72. The number of carbonyl (C=O) groups is 1. The lowest BCUT2D eigenvalue weighted by molar-refractivity contribution is -0.152. The number of aliphatic hydroxyl groups excluding tert-OH is 1. The van der Waals surface area contributed by atoms with Crippen molar-refractivity contribution >= 4 is 21.9 Å². The van der Waals surface area contributed by atoms with Gasteiger partial charge in [-0.25, -0.2) is 4.79 Å². The van der Waals surface area contributed by atoms with Crippen molar-refractivity contribution in [1.29, 1.82) is 0 Å². The number of halogens is 1. The molecule has 0 spiro atoms. The van der Waals surface area contributed by atoms with Gasteiger partial charge in [-0.05, 0) is 13.3 Å². The molecule has 1 N–H and O–H groups in total. The van der Waals surface area contributed by atoms with Crippen LogP contribution in [-0.2, 0) is 9.53 Å². The molecule has 0 aliphatic carbocycles. The Balaban J connectivity index is 3.49. The number of esters is 1. The summed E-state index contributed by atoms with van der Waals surface area (Å²) in [6.07, 6.45) is -0.571. The number of alkyl halides is 1. The summed E-state index contributed by atoms with van der Waals surface area (Å²) in [5.74, 6) is -0.540. The lowest BCUT2D eigenvalue weighted by Crippen LogP contribution is -2.23. The average Bonchev–Trinajstić information content (AvgIpc) is 1.89. The summed E-state index contributed by atoms with van der Waals surface area (Å²) < 4.78 is 4.55. The van der Waals surface area contributed by atoms with Gasteiger partial charge in [0.15, 0.2) is 6.10 Å². The molecule has 4 heteroatoms. The van der Waals surface area contributed by atoms with Crippen LogP contribution in [0.15, 0.2) is 0 Å². The summed E-state index contributed by atoms with van der Waals surface area (Å²) in [7, 11) is 0. The molecule has 0 aromatic heterocycles. The van der Waals surface area contributed by atoms with Gasteiger partial charge < -0.3 is 9.84 Å². The molecule has 10 heavy (non-hydrogen) atoms. The van der Waals surface area contributed by atoms with Gasteiger partial charge in [0, 0.05) is 5.33 Å². The van der Waals surface area contributed by atoms with Crippen molar-refractivity contribution in [3.63, 3.8) is 0 Å². The maximum Gasteiger partial charge on any atom is 0.334 e. The van der Waals surface area contributed by atoms with E-state index < -0.39 is 12.1 Å². The summed E-state index contributed by atoms with van der Waals surface area (Å²) in [5, 5.41) is 9.55. The molecule has 0 radical (unpaired) electrons. The van der Waals surface area contributed by atoms with Gasteiger partial charge in [0.1, 0.15) is 0 Å². The molecule has 0 amide bonds. The van der Waals surface area contributed by atoms with Crippen molar-refractivity contribution in [1.82, 2.24) is 0 Å². The third kappa shape index (κ3) is 3.85. The molecular formula is C6H11BrO3. The van der Waals surface area contributed by atoms with Crippen LogP contribution in [0.3, 0.4) is 0 Å². The first kappa shape index (κ1) is 9.91. The number of carbonyl (C=O) groups excluding carboxylic acids is 1. The zero-order chi connectivity index (χ0) is 7.98. The maximum atomic E-state index is 10.6. The molecule has 0 saturated carbocycles. The molecule has 0 aliphatic rings. The minimum absolute atomic E-state index is 0.318. The number of hydrogen-bond donors (Lipinski definition) is 1. The highest BCUT2D eigenvalue weighted by atomic mass is 79.9. The lowest BCUT2D eigenvalue weighted by atomic mass is 10.3. The van der Waals surface area contributed by atoms with Crippen LogP contribution in [0.25, 0.3) is 0 Å². The van der Waals surface area contributed by atoms with E-state index in [0.717, 1.165) is 0 Å². The third-order valence-corrected chi connectivity index (χ3v) is 1.40. The third-order valence-electron chi connectivity index (χ3n) is 0.941. The van der Waals surface area contributed by atoms with Crippen LogP contribution in [0.5, 0.6) is 0 Å². The fourth-order valence-electron chi connectivity index (χ4n) is 0.460. The van der Waals surface area contributed by atoms with Crippen molar-refractivity contribution in [2.75, 3.05) is 11.9 Å². The van der Waals surface area contributed by atoms with Gasteiger partial charge in [-0.1, -0.05) is 15.9 Å². The van der Waals surface area contributed by atoms with Gasteiger partial charge in [0.05, 0.1) is 6.61 Å². The Morgan fingerprint density at radius 2 is 2.40 bits per heavy atom. The highest BCUT2D eigenvalue weighted by Crippen LogP contribution is 1.97. The minimum Gasteiger partial charge on any atom is -0.464 e. The van der Waals surface area contributed by atoms with Crippen LogP contribution >= 0.6 is 15.9 Å². The number of ether oxygens (including phenoxy) is 1. The van der Waals surface area contributed by atoms with E-state index in [1.165, 1.54) is 0 Å². The largest absolute Gasteiger partial charge is 0.464 e.